The molecule has 2 rings (SSSR count). The molecule has 1 aromatic carbocycles. The second-order valence-electron chi connectivity index (χ2n) is 8.33. The van der Waals surface area contributed by atoms with E-state index in [4.69, 9.17) is 4.74 Å². The molecule has 0 atom stereocenters. The Morgan fingerprint density at radius 2 is 1.88 bits per heavy atom. The summed E-state index contributed by atoms with van der Waals surface area (Å²) in [5.41, 5.74) is 4.90. The van der Waals surface area contributed by atoms with E-state index in [1.54, 1.807) is 12.1 Å². The summed E-state index contributed by atoms with van der Waals surface area (Å²) in [6.45, 7) is 12.0. The predicted molar refractivity (Wildman–Crippen MR) is 126 cm³/mol. The Bertz CT molecular complexity index is 1140. The summed E-state index contributed by atoms with van der Waals surface area (Å²) >= 11 is 0. The molecule has 1 aromatic heterocycles. The van der Waals surface area contributed by atoms with E-state index in [0.717, 1.165) is 34.6 Å². The molecule has 0 spiro atoms. The highest BCUT2D eigenvalue weighted by Gasteiger charge is 2.17. The first kappa shape index (κ1) is 25.4. The van der Waals surface area contributed by atoms with E-state index >= 15 is 0 Å². The summed E-state index contributed by atoms with van der Waals surface area (Å²) in [4.78, 5) is 36.4. The summed E-state index contributed by atoms with van der Waals surface area (Å²) in [5.74, 6) is -1.30. The number of carbonyl (C=O) groups is 3. The molecule has 0 fully saturated rings. The van der Waals surface area contributed by atoms with Gasteiger partial charge in [0.15, 0.2) is 6.61 Å². The van der Waals surface area contributed by atoms with Gasteiger partial charge in [0.1, 0.15) is 11.6 Å². The summed E-state index contributed by atoms with van der Waals surface area (Å²) < 4.78 is 7.06. The molecule has 0 saturated carbocycles. The zero-order chi connectivity index (χ0) is 24.7. The number of aromatic nitrogens is 1. The Morgan fingerprint density at radius 3 is 2.52 bits per heavy atom. The van der Waals surface area contributed by atoms with Crippen LogP contribution in [0.15, 0.2) is 29.8 Å². The number of anilines is 1. The molecular weight excluding hydrogens is 420 g/mol. The van der Waals surface area contributed by atoms with Crippen LogP contribution in [0.3, 0.4) is 0 Å². The maximum absolute atomic E-state index is 12.3. The molecule has 174 valence electrons. The summed E-state index contributed by atoms with van der Waals surface area (Å²) in [6.07, 6.45) is 1.45. The number of hydrogen-bond acceptors (Lipinski definition) is 5. The average Bonchev–Trinajstić information content (AvgIpc) is 3.00. The van der Waals surface area contributed by atoms with E-state index in [2.05, 4.69) is 29.0 Å². The molecule has 0 aliphatic carbocycles. The summed E-state index contributed by atoms with van der Waals surface area (Å²) in [7, 11) is 0. The Balaban J connectivity index is 1.98. The number of nitrogens with one attached hydrogen (secondary N) is 2. The van der Waals surface area contributed by atoms with Crippen molar-refractivity contribution in [3.05, 3.63) is 57.9 Å². The summed E-state index contributed by atoms with van der Waals surface area (Å²) in [5, 5.41) is 14.1. The molecular formula is C25H30N4O4. The van der Waals surface area contributed by atoms with E-state index < -0.39 is 24.5 Å². The molecule has 3 amide bonds. The molecule has 0 unspecified atom stereocenters. The van der Waals surface area contributed by atoms with Crippen LogP contribution in [-0.2, 0) is 20.9 Å². The molecule has 0 bridgehead atoms. The molecule has 2 N–H and O–H groups in total. The average molecular weight is 451 g/mol. The van der Waals surface area contributed by atoms with Crippen LogP contribution in [0.4, 0.5) is 10.5 Å². The third-order valence-electron chi connectivity index (χ3n) is 5.24. The van der Waals surface area contributed by atoms with Crippen LogP contribution in [-0.4, -0.2) is 29.1 Å². The van der Waals surface area contributed by atoms with Crippen LogP contribution < -0.4 is 10.6 Å². The zero-order valence-corrected chi connectivity index (χ0v) is 19.9. The molecule has 0 aliphatic heterocycles. The third kappa shape index (κ3) is 6.81. The molecule has 8 heteroatoms. The van der Waals surface area contributed by atoms with Gasteiger partial charge in [-0.25, -0.2) is 9.59 Å². The molecule has 33 heavy (non-hydrogen) atoms. The minimum absolute atomic E-state index is 0.229. The van der Waals surface area contributed by atoms with Crippen molar-refractivity contribution in [3.63, 3.8) is 0 Å². The highest BCUT2D eigenvalue weighted by atomic mass is 16.5. The van der Waals surface area contributed by atoms with Gasteiger partial charge in [-0.15, -0.1) is 0 Å². The van der Waals surface area contributed by atoms with Crippen molar-refractivity contribution in [2.24, 2.45) is 5.92 Å². The van der Waals surface area contributed by atoms with Gasteiger partial charge in [0.05, 0.1) is 0 Å². The number of imide groups is 1. The number of benzene rings is 1. The topological polar surface area (TPSA) is 113 Å². The molecule has 2 aromatic rings. The quantitative estimate of drug-likeness (QED) is 0.373. The van der Waals surface area contributed by atoms with Gasteiger partial charge in [-0.2, -0.15) is 5.26 Å². The molecule has 0 aliphatic rings. The molecule has 0 saturated heterocycles. The standard InChI is InChI=1S/C25H30N4O4/c1-15(2)13-29-17(4)10-20(19(29)6)11-21(12-26)24(31)33-14-23(30)28-25(32)27-22-9-7-8-16(3)18(22)5/h7-11,15H,13-14H2,1-6H3,(H2,27,28,30,32)/b21-11+. The van der Waals surface area contributed by atoms with Gasteiger partial charge in [0.25, 0.3) is 5.91 Å². The van der Waals surface area contributed by atoms with Gasteiger partial charge in [0, 0.05) is 23.6 Å². The van der Waals surface area contributed by atoms with Crippen molar-refractivity contribution in [2.45, 2.75) is 48.1 Å². The number of amides is 3. The summed E-state index contributed by atoms with van der Waals surface area (Å²) in [6, 6.07) is 8.39. The minimum atomic E-state index is -0.934. The van der Waals surface area contributed by atoms with Crippen molar-refractivity contribution < 1.29 is 19.1 Å². The van der Waals surface area contributed by atoms with Crippen molar-refractivity contribution in [1.29, 1.82) is 5.26 Å². The fraction of sp³-hybridized carbons (Fsp3) is 0.360. The lowest BCUT2D eigenvalue weighted by Crippen LogP contribution is -2.37. The number of esters is 1. The number of nitrogens with zero attached hydrogens (tertiary/aromatic N) is 2. The lowest BCUT2D eigenvalue weighted by molar-refractivity contribution is -0.144. The Kier molecular flexibility index (Phi) is 8.57. The molecule has 0 radical (unpaired) electrons. The van der Waals surface area contributed by atoms with Gasteiger partial charge in [-0.3, -0.25) is 10.1 Å². The Morgan fingerprint density at radius 1 is 1.18 bits per heavy atom. The van der Waals surface area contributed by atoms with Gasteiger partial charge in [-0.1, -0.05) is 26.0 Å². The maximum Gasteiger partial charge on any atom is 0.349 e. The second-order valence-corrected chi connectivity index (χ2v) is 8.33. The molecule has 1 heterocycles. The Labute approximate surface area is 194 Å². The molecule has 8 nitrogen and oxygen atoms in total. The largest absolute Gasteiger partial charge is 0.451 e. The third-order valence-corrected chi connectivity index (χ3v) is 5.24. The van der Waals surface area contributed by atoms with Crippen LogP contribution in [0.2, 0.25) is 0 Å². The van der Waals surface area contributed by atoms with Gasteiger partial charge >= 0.3 is 12.0 Å². The van der Waals surface area contributed by atoms with Crippen molar-refractivity contribution in [1.82, 2.24) is 9.88 Å². The first-order chi connectivity index (χ1) is 15.5. The Hall–Kier alpha value is -3.86. The van der Waals surface area contributed by atoms with Crippen LogP contribution in [0.25, 0.3) is 6.08 Å². The SMILES string of the molecule is Cc1cccc(NC(=O)NC(=O)COC(=O)/C(C#N)=C/c2cc(C)n(CC(C)C)c2C)c1C. The van der Waals surface area contributed by atoms with Crippen LogP contribution in [0.1, 0.15) is 41.9 Å². The number of rotatable bonds is 7. The van der Waals surface area contributed by atoms with E-state index in [1.807, 2.05) is 45.9 Å². The first-order valence-electron chi connectivity index (χ1n) is 10.7. The highest BCUT2D eigenvalue weighted by Crippen LogP contribution is 2.20. The lowest BCUT2D eigenvalue weighted by Gasteiger charge is -2.12. The monoisotopic (exact) mass is 450 g/mol. The number of aryl methyl sites for hydroxylation is 2. The van der Waals surface area contributed by atoms with Gasteiger partial charge in [0.2, 0.25) is 0 Å². The fourth-order valence-corrected chi connectivity index (χ4v) is 3.32. The lowest BCUT2D eigenvalue weighted by atomic mass is 10.1. The number of urea groups is 1. The maximum atomic E-state index is 12.3. The number of hydrogen-bond donors (Lipinski definition) is 2. The van der Waals surface area contributed by atoms with E-state index in [-0.39, 0.29) is 5.57 Å². The number of carbonyl (C=O) groups excluding carboxylic acids is 3. The fourth-order valence-electron chi connectivity index (χ4n) is 3.32. The number of ether oxygens (including phenoxy) is 1. The smallest absolute Gasteiger partial charge is 0.349 e. The normalized spacial score (nSPS) is 11.2. The zero-order valence-electron chi connectivity index (χ0n) is 19.9. The van der Waals surface area contributed by atoms with E-state index in [1.165, 1.54) is 6.08 Å². The van der Waals surface area contributed by atoms with E-state index in [9.17, 15) is 19.6 Å². The number of nitriles is 1. The van der Waals surface area contributed by atoms with E-state index in [0.29, 0.717) is 11.6 Å². The van der Waals surface area contributed by atoms with Crippen LogP contribution in [0.5, 0.6) is 0 Å². The first-order valence-corrected chi connectivity index (χ1v) is 10.7. The van der Waals surface area contributed by atoms with Crippen molar-refractivity contribution in [2.75, 3.05) is 11.9 Å². The predicted octanol–water partition coefficient (Wildman–Crippen LogP) is 4.18. The van der Waals surface area contributed by atoms with Crippen LogP contribution in [0, 0.1) is 44.9 Å². The van der Waals surface area contributed by atoms with Crippen molar-refractivity contribution >= 4 is 29.7 Å². The second kappa shape index (κ2) is 11.1. The minimum Gasteiger partial charge on any atom is -0.451 e. The van der Waals surface area contributed by atoms with Gasteiger partial charge < -0.3 is 14.6 Å². The highest BCUT2D eigenvalue weighted by molar-refractivity contribution is 6.03. The van der Waals surface area contributed by atoms with Gasteiger partial charge in [-0.05, 0) is 68.5 Å². The van der Waals surface area contributed by atoms with Crippen LogP contribution >= 0.6 is 0 Å². The van der Waals surface area contributed by atoms with Crippen molar-refractivity contribution in [3.8, 4) is 6.07 Å².